The van der Waals surface area contributed by atoms with Crippen molar-refractivity contribution in [3.05, 3.63) is 0 Å². The highest BCUT2D eigenvalue weighted by molar-refractivity contribution is 5.09. The van der Waals surface area contributed by atoms with Crippen LogP contribution in [0.2, 0.25) is 0 Å². The van der Waals surface area contributed by atoms with Crippen LogP contribution in [0.5, 0.6) is 0 Å². The topological polar surface area (TPSA) is 39.1 Å². The lowest BCUT2D eigenvalue weighted by atomic mass is 9.80. The van der Waals surface area contributed by atoms with Gasteiger partial charge in [0.05, 0.1) is 6.07 Å². The van der Waals surface area contributed by atoms with Gasteiger partial charge in [-0.2, -0.15) is 5.26 Å². The molecular weight excluding hydrogens is 186 g/mol. The zero-order chi connectivity index (χ0) is 11.3. The molecular formula is C12H23N3. The van der Waals surface area contributed by atoms with Gasteiger partial charge in [-0.3, -0.25) is 0 Å². The van der Waals surface area contributed by atoms with Crippen molar-refractivity contribution in [1.29, 1.82) is 5.26 Å². The molecule has 0 amide bonds. The van der Waals surface area contributed by atoms with Crippen molar-refractivity contribution < 1.29 is 0 Å². The lowest BCUT2D eigenvalue weighted by molar-refractivity contribution is 0.142. The van der Waals surface area contributed by atoms with Crippen molar-refractivity contribution in [1.82, 2.24) is 10.2 Å². The molecule has 1 fully saturated rings. The van der Waals surface area contributed by atoms with Gasteiger partial charge >= 0.3 is 0 Å². The summed E-state index contributed by atoms with van der Waals surface area (Å²) in [6, 6.07) is 3.12. The molecule has 0 radical (unpaired) electrons. The Morgan fingerprint density at radius 1 is 1.33 bits per heavy atom. The van der Waals surface area contributed by atoms with Gasteiger partial charge in [0, 0.05) is 6.04 Å². The van der Waals surface area contributed by atoms with Gasteiger partial charge in [0.2, 0.25) is 0 Å². The van der Waals surface area contributed by atoms with E-state index < -0.39 is 0 Å². The Labute approximate surface area is 93.5 Å². The zero-order valence-corrected chi connectivity index (χ0v) is 10.2. The summed E-state index contributed by atoms with van der Waals surface area (Å²) >= 11 is 0. The Morgan fingerprint density at radius 2 is 1.87 bits per heavy atom. The van der Waals surface area contributed by atoms with Gasteiger partial charge in [0.25, 0.3) is 0 Å². The van der Waals surface area contributed by atoms with Crippen LogP contribution >= 0.6 is 0 Å². The second-order valence-corrected chi connectivity index (χ2v) is 4.40. The second-order valence-electron chi connectivity index (χ2n) is 4.40. The van der Waals surface area contributed by atoms with E-state index in [9.17, 15) is 0 Å². The van der Waals surface area contributed by atoms with Crippen LogP contribution in [-0.2, 0) is 0 Å². The molecule has 3 nitrogen and oxygen atoms in total. The fourth-order valence-corrected chi connectivity index (χ4v) is 2.62. The molecule has 1 saturated carbocycles. The molecule has 15 heavy (non-hydrogen) atoms. The molecule has 86 valence electrons. The second kappa shape index (κ2) is 5.48. The molecule has 1 aliphatic carbocycles. The highest BCUT2D eigenvalue weighted by atomic mass is 15.1. The van der Waals surface area contributed by atoms with Crippen molar-refractivity contribution >= 4 is 0 Å². The molecule has 0 spiro atoms. The van der Waals surface area contributed by atoms with E-state index in [0.29, 0.717) is 6.04 Å². The van der Waals surface area contributed by atoms with Crippen LogP contribution in [-0.4, -0.2) is 36.6 Å². The minimum atomic E-state index is -0.246. The van der Waals surface area contributed by atoms with E-state index >= 15 is 0 Å². The number of hydrogen-bond acceptors (Lipinski definition) is 3. The van der Waals surface area contributed by atoms with Crippen molar-refractivity contribution in [2.24, 2.45) is 0 Å². The van der Waals surface area contributed by atoms with Crippen LogP contribution in [0.15, 0.2) is 0 Å². The van der Waals surface area contributed by atoms with Gasteiger partial charge in [0.1, 0.15) is 5.54 Å². The maximum atomic E-state index is 9.15. The monoisotopic (exact) mass is 209 g/mol. The van der Waals surface area contributed by atoms with E-state index in [1.165, 1.54) is 0 Å². The van der Waals surface area contributed by atoms with E-state index in [2.05, 4.69) is 30.1 Å². The Kier molecular flexibility index (Phi) is 4.56. The average molecular weight is 209 g/mol. The van der Waals surface area contributed by atoms with E-state index in [-0.39, 0.29) is 5.54 Å². The lowest BCUT2D eigenvalue weighted by Crippen LogP contribution is -2.49. The molecule has 0 unspecified atom stereocenters. The van der Waals surface area contributed by atoms with Gasteiger partial charge in [-0.1, -0.05) is 13.8 Å². The SMILES string of the molecule is CCN(CC)C1CCC(C#N)(NC)CC1. The number of nitriles is 1. The van der Waals surface area contributed by atoms with Crippen molar-refractivity contribution in [2.75, 3.05) is 20.1 Å². The first-order valence-electron chi connectivity index (χ1n) is 6.05. The van der Waals surface area contributed by atoms with Crippen molar-refractivity contribution in [3.8, 4) is 6.07 Å². The van der Waals surface area contributed by atoms with Gasteiger partial charge in [0.15, 0.2) is 0 Å². The van der Waals surface area contributed by atoms with Crippen LogP contribution in [0.4, 0.5) is 0 Å². The summed E-state index contributed by atoms with van der Waals surface area (Å²) < 4.78 is 0. The molecule has 1 N–H and O–H groups in total. The Hall–Kier alpha value is -0.590. The molecule has 0 aromatic carbocycles. The molecule has 0 aromatic rings. The summed E-state index contributed by atoms with van der Waals surface area (Å²) in [5.74, 6) is 0. The fraction of sp³-hybridized carbons (Fsp3) is 0.917. The summed E-state index contributed by atoms with van der Waals surface area (Å²) in [6.07, 6.45) is 4.27. The smallest absolute Gasteiger partial charge is 0.106 e. The maximum Gasteiger partial charge on any atom is 0.106 e. The molecule has 0 saturated heterocycles. The molecule has 0 atom stereocenters. The predicted molar refractivity (Wildman–Crippen MR) is 62.6 cm³/mol. The van der Waals surface area contributed by atoms with Crippen molar-refractivity contribution in [3.63, 3.8) is 0 Å². The van der Waals surface area contributed by atoms with Gasteiger partial charge < -0.3 is 10.2 Å². The minimum absolute atomic E-state index is 0.246. The number of nitrogens with one attached hydrogen (secondary N) is 1. The van der Waals surface area contributed by atoms with Crippen LogP contribution in [0.3, 0.4) is 0 Å². The fourth-order valence-electron chi connectivity index (χ4n) is 2.62. The third kappa shape index (κ3) is 2.70. The highest BCUT2D eigenvalue weighted by Crippen LogP contribution is 2.30. The first-order chi connectivity index (χ1) is 7.21. The number of nitrogens with zero attached hydrogens (tertiary/aromatic N) is 2. The molecule has 0 aromatic heterocycles. The molecule has 0 heterocycles. The average Bonchev–Trinajstić information content (AvgIpc) is 2.32. The molecule has 1 aliphatic rings. The summed E-state index contributed by atoms with van der Waals surface area (Å²) in [4.78, 5) is 2.51. The number of rotatable bonds is 4. The van der Waals surface area contributed by atoms with Crippen LogP contribution < -0.4 is 5.32 Å². The molecule has 1 rings (SSSR count). The van der Waals surface area contributed by atoms with Crippen LogP contribution in [0.1, 0.15) is 39.5 Å². The third-order valence-corrected chi connectivity index (χ3v) is 3.83. The van der Waals surface area contributed by atoms with E-state index in [0.717, 1.165) is 38.8 Å². The summed E-state index contributed by atoms with van der Waals surface area (Å²) in [6.45, 7) is 6.68. The first-order valence-corrected chi connectivity index (χ1v) is 6.05. The minimum Gasteiger partial charge on any atom is -0.302 e. The maximum absolute atomic E-state index is 9.15. The van der Waals surface area contributed by atoms with Crippen LogP contribution in [0, 0.1) is 11.3 Å². The third-order valence-electron chi connectivity index (χ3n) is 3.83. The first kappa shape index (κ1) is 12.5. The zero-order valence-electron chi connectivity index (χ0n) is 10.2. The van der Waals surface area contributed by atoms with Gasteiger partial charge in [-0.05, 0) is 45.8 Å². The quantitative estimate of drug-likeness (QED) is 0.766. The standard InChI is InChI=1S/C12H23N3/c1-4-15(5-2)11-6-8-12(10-13,14-3)9-7-11/h11,14H,4-9H2,1-3H3. The summed E-state index contributed by atoms with van der Waals surface area (Å²) in [7, 11) is 1.90. The van der Waals surface area contributed by atoms with E-state index in [1.54, 1.807) is 0 Å². The lowest BCUT2D eigenvalue weighted by Gasteiger charge is -2.39. The summed E-state index contributed by atoms with van der Waals surface area (Å²) in [5, 5.41) is 12.3. The van der Waals surface area contributed by atoms with E-state index in [4.69, 9.17) is 5.26 Å². The van der Waals surface area contributed by atoms with Gasteiger partial charge in [-0.15, -0.1) is 0 Å². The van der Waals surface area contributed by atoms with E-state index in [1.807, 2.05) is 7.05 Å². The normalized spacial score (nSPS) is 31.5. The molecule has 0 bridgehead atoms. The largest absolute Gasteiger partial charge is 0.302 e. The molecule has 0 aliphatic heterocycles. The summed E-state index contributed by atoms with van der Waals surface area (Å²) in [5.41, 5.74) is -0.246. The van der Waals surface area contributed by atoms with Crippen LogP contribution in [0.25, 0.3) is 0 Å². The number of hydrogen-bond donors (Lipinski definition) is 1. The highest BCUT2D eigenvalue weighted by Gasteiger charge is 2.35. The molecule has 3 heteroatoms. The Morgan fingerprint density at radius 3 is 2.20 bits per heavy atom. The van der Waals surface area contributed by atoms with Crippen molar-refractivity contribution in [2.45, 2.75) is 51.1 Å². The van der Waals surface area contributed by atoms with Gasteiger partial charge in [-0.25, -0.2) is 0 Å². The predicted octanol–water partition coefficient (Wildman–Crippen LogP) is 1.75. The Balaban J connectivity index is 2.52. The Bertz CT molecular complexity index is 220.